The first-order valence-corrected chi connectivity index (χ1v) is 35.5. The Bertz CT molecular complexity index is 1120. The van der Waals surface area contributed by atoms with E-state index < -0.39 is 12.1 Å². The SMILES string of the molecule is CCCCCCC/C=C\C/C=C\CCCCCCCCCCCCCCCCCCCCCCCCCC(=O)NC(CO)C(O)CCCCCCCCCCCCCCCCCCCCCCCCCCCCCCC. The summed E-state index contributed by atoms with van der Waals surface area (Å²) < 4.78 is 0. The molecule has 0 aromatic carbocycles. The van der Waals surface area contributed by atoms with E-state index in [1.807, 2.05) is 0 Å². The van der Waals surface area contributed by atoms with Gasteiger partial charge in [-0.05, 0) is 44.9 Å². The number of carbonyl (C=O) groups excluding carboxylic acids is 1. The number of aliphatic hydroxyl groups excluding tert-OH is 2. The first-order chi connectivity index (χ1) is 37.7. The van der Waals surface area contributed by atoms with Crippen molar-refractivity contribution in [3.63, 3.8) is 0 Å². The van der Waals surface area contributed by atoms with Gasteiger partial charge in [-0.25, -0.2) is 0 Å². The second kappa shape index (κ2) is 68.1. The lowest BCUT2D eigenvalue weighted by Crippen LogP contribution is -2.45. The first-order valence-electron chi connectivity index (χ1n) is 35.5. The molecule has 0 aliphatic heterocycles. The van der Waals surface area contributed by atoms with Crippen LogP contribution in [-0.4, -0.2) is 34.9 Å². The molecule has 0 heterocycles. The third-order valence-electron chi connectivity index (χ3n) is 17.0. The van der Waals surface area contributed by atoms with Crippen molar-refractivity contribution in [1.29, 1.82) is 0 Å². The summed E-state index contributed by atoms with van der Waals surface area (Å²) in [5.41, 5.74) is 0. The molecule has 3 N–H and O–H groups in total. The van der Waals surface area contributed by atoms with Gasteiger partial charge in [0.1, 0.15) is 0 Å². The fraction of sp³-hybridized carbons (Fsp3) is 0.931. The molecule has 2 unspecified atom stereocenters. The number of nitrogens with one attached hydrogen (secondary N) is 1. The van der Waals surface area contributed by atoms with Crippen LogP contribution in [0.1, 0.15) is 412 Å². The van der Waals surface area contributed by atoms with Gasteiger partial charge in [0.2, 0.25) is 5.91 Å². The molecule has 76 heavy (non-hydrogen) atoms. The Labute approximate surface area is 479 Å². The number of allylic oxidation sites excluding steroid dienone is 4. The van der Waals surface area contributed by atoms with Crippen molar-refractivity contribution in [2.24, 2.45) is 0 Å². The van der Waals surface area contributed by atoms with E-state index in [2.05, 4.69) is 43.5 Å². The Hall–Kier alpha value is -1.13. The van der Waals surface area contributed by atoms with Gasteiger partial charge in [-0.3, -0.25) is 4.79 Å². The standard InChI is InChI=1S/C72H141NO3/c1-3-5-7-9-11-13-15-17-19-21-23-25-27-29-31-33-34-35-36-37-38-40-42-44-46-48-50-52-54-56-58-60-62-64-66-68-72(76)73-70(69-74)71(75)67-65-63-61-59-57-55-53-51-49-47-45-43-41-39-32-30-28-26-24-22-20-18-16-14-12-10-8-6-4-2/h15,17,21,23,70-71,74-75H,3-14,16,18-20,22,24-69H2,1-2H3,(H,73,76)/b17-15-,23-21-. The molecule has 0 aliphatic rings. The molecule has 1 amide bonds. The number of aliphatic hydroxyl groups is 2. The van der Waals surface area contributed by atoms with Crippen LogP contribution < -0.4 is 5.32 Å². The zero-order valence-electron chi connectivity index (χ0n) is 52.3. The van der Waals surface area contributed by atoms with Gasteiger partial charge in [0.25, 0.3) is 0 Å². The fourth-order valence-corrected chi connectivity index (χ4v) is 11.6. The molecule has 0 saturated carbocycles. The third kappa shape index (κ3) is 63.7. The van der Waals surface area contributed by atoms with Crippen molar-refractivity contribution >= 4 is 5.91 Å². The summed E-state index contributed by atoms with van der Waals surface area (Å²) in [6, 6.07) is -0.535. The molecule has 4 heteroatoms. The molecule has 2 atom stereocenters. The van der Waals surface area contributed by atoms with Crippen LogP contribution in [0.5, 0.6) is 0 Å². The molecule has 0 fully saturated rings. The minimum absolute atomic E-state index is 0.0212. The highest BCUT2D eigenvalue weighted by Crippen LogP contribution is 2.20. The maximum Gasteiger partial charge on any atom is 0.220 e. The van der Waals surface area contributed by atoms with Gasteiger partial charge in [-0.15, -0.1) is 0 Å². The highest BCUT2D eigenvalue weighted by molar-refractivity contribution is 5.76. The number of amides is 1. The highest BCUT2D eigenvalue weighted by atomic mass is 16.3. The molecule has 0 saturated heterocycles. The molecule has 4 nitrogen and oxygen atoms in total. The van der Waals surface area contributed by atoms with Gasteiger partial charge in [0, 0.05) is 6.42 Å². The molecule has 0 rings (SSSR count). The zero-order valence-corrected chi connectivity index (χ0v) is 52.3. The summed E-state index contributed by atoms with van der Waals surface area (Å²) in [4.78, 5) is 12.6. The van der Waals surface area contributed by atoms with Gasteiger partial charge in [-0.2, -0.15) is 0 Å². The van der Waals surface area contributed by atoms with Crippen molar-refractivity contribution in [2.75, 3.05) is 6.61 Å². The van der Waals surface area contributed by atoms with E-state index in [0.29, 0.717) is 12.8 Å². The minimum Gasteiger partial charge on any atom is -0.394 e. The van der Waals surface area contributed by atoms with Crippen LogP contribution in [0.25, 0.3) is 0 Å². The van der Waals surface area contributed by atoms with Crippen molar-refractivity contribution in [1.82, 2.24) is 5.32 Å². The second-order valence-corrected chi connectivity index (χ2v) is 24.7. The average molecular weight is 1070 g/mol. The number of hydrogen-bond acceptors (Lipinski definition) is 3. The van der Waals surface area contributed by atoms with E-state index in [1.54, 1.807) is 0 Å². The number of rotatable bonds is 67. The molecule has 0 aromatic heterocycles. The van der Waals surface area contributed by atoms with Crippen molar-refractivity contribution in [3.8, 4) is 0 Å². The Kier molecular flexibility index (Phi) is 67.1. The number of carbonyl (C=O) groups is 1. The molecule has 0 spiro atoms. The molecule has 0 radical (unpaired) electrons. The summed E-state index contributed by atoms with van der Waals surface area (Å²) >= 11 is 0. The topological polar surface area (TPSA) is 69.6 Å². The van der Waals surface area contributed by atoms with E-state index in [0.717, 1.165) is 32.1 Å². The quantitative estimate of drug-likeness (QED) is 0.0420. The minimum atomic E-state index is -0.659. The van der Waals surface area contributed by atoms with Crippen LogP contribution in [0, 0.1) is 0 Å². The van der Waals surface area contributed by atoms with Crippen molar-refractivity contribution < 1.29 is 15.0 Å². The Balaban J connectivity index is 3.37. The number of unbranched alkanes of at least 4 members (excludes halogenated alkanes) is 56. The lowest BCUT2D eigenvalue weighted by molar-refractivity contribution is -0.123. The Morgan fingerprint density at radius 3 is 0.789 bits per heavy atom. The maximum absolute atomic E-state index is 12.6. The Morgan fingerprint density at radius 1 is 0.316 bits per heavy atom. The van der Waals surface area contributed by atoms with Crippen molar-refractivity contribution in [2.45, 2.75) is 424 Å². The van der Waals surface area contributed by atoms with Crippen LogP contribution in [-0.2, 0) is 4.79 Å². The van der Waals surface area contributed by atoms with Crippen LogP contribution >= 0.6 is 0 Å². The van der Waals surface area contributed by atoms with E-state index in [-0.39, 0.29) is 12.5 Å². The summed E-state index contributed by atoms with van der Waals surface area (Å²) in [5.74, 6) is -0.0212. The molecule has 452 valence electrons. The predicted molar refractivity (Wildman–Crippen MR) is 341 cm³/mol. The van der Waals surface area contributed by atoms with Gasteiger partial charge < -0.3 is 15.5 Å². The maximum atomic E-state index is 12.6. The predicted octanol–water partition coefficient (Wildman–Crippen LogP) is 24.2. The van der Waals surface area contributed by atoms with Gasteiger partial charge >= 0.3 is 0 Å². The van der Waals surface area contributed by atoms with Gasteiger partial charge in [-0.1, -0.05) is 385 Å². The van der Waals surface area contributed by atoms with Crippen LogP contribution in [0.3, 0.4) is 0 Å². The fourth-order valence-electron chi connectivity index (χ4n) is 11.6. The first kappa shape index (κ1) is 74.9. The van der Waals surface area contributed by atoms with Gasteiger partial charge in [0.05, 0.1) is 18.8 Å². The van der Waals surface area contributed by atoms with Crippen LogP contribution in [0.15, 0.2) is 24.3 Å². The molecule has 0 aliphatic carbocycles. The molecule has 0 aromatic rings. The van der Waals surface area contributed by atoms with E-state index in [1.165, 1.54) is 353 Å². The second-order valence-electron chi connectivity index (χ2n) is 24.7. The van der Waals surface area contributed by atoms with Gasteiger partial charge in [0.15, 0.2) is 0 Å². The Morgan fingerprint density at radius 2 is 0.539 bits per heavy atom. The lowest BCUT2D eigenvalue weighted by atomic mass is 10.0. The van der Waals surface area contributed by atoms with E-state index >= 15 is 0 Å². The van der Waals surface area contributed by atoms with Crippen LogP contribution in [0.2, 0.25) is 0 Å². The normalized spacial score (nSPS) is 12.7. The molecular weight excluding hydrogens is 927 g/mol. The molecule has 0 bridgehead atoms. The summed E-state index contributed by atoms with van der Waals surface area (Å²) in [6.45, 7) is 4.40. The monoisotopic (exact) mass is 1070 g/mol. The van der Waals surface area contributed by atoms with Crippen LogP contribution in [0.4, 0.5) is 0 Å². The van der Waals surface area contributed by atoms with E-state index in [4.69, 9.17) is 0 Å². The van der Waals surface area contributed by atoms with E-state index in [9.17, 15) is 15.0 Å². The molecular formula is C72H141NO3. The zero-order chi connectivity index (χ0) is 54.8. The highest BCUT2D eigenvalue weighted by Gasteiger charge is 2.20. The third-order valence-corrected chi connectivity index (χ3v) is 17.0. The number of hydrogen-bond donors (Lipinski definition) is 3. The smallest absolute Gasteiger partial charge is 0.220 e. The lowest BCUT2D eigenvalue weighted by Gasteiger charge is -2.22. The summed E-state index contributed by atoms with van der Waals surface area (Å²) in [6.07, 6.45) is 92.4. The average Bonchev–Trinajstić information content (AvgIpc) is 3.42. The van der Waals surface area contributed by atoms with Crippen molar-refractivity contribution in [3.05, 3.63) is 24.3 Å². The largest absolute Gasteiger partial charge is 0.394 e. The summed E-state index contributed by atoms with van der Waals surface area (Å²) in [7, 11) is 0. The summed E-state index contributed by atoms with van der Waals surface area (Å²) in [5, 5.41) is 23.5.